The first-order valence-corrected chi connectivity index (χ1v) is 7.98. The third-order valence-electron chi connectivity index (χ3n) is 4.14. The highest BCUT2D eigenvalue weighted by Crippen LogP contribution is 2.21. The summed E-state index contributed by atoms with van der Waals surface area (Å²) in [7, 11) is 1.88. The van der Waals surface area contributed by atoms with Gasteiger partial charge in [-0.05, 0) is 12.8 Å². The first-order valence-electron chi connectivity index (χ1n) is 7.98. The number of aryl methyl sites for hydroxylation is 2. The highest BCUT2D eigenvalue weighted by atomic mass is 19.4. The van der Waals surface area contributed by atoms with Crippen molar-refractivity contribution in [2.24, 2.45) is 7.05 Å². The van der Waals surface area contributed by atoms with E-state index in [2.05, 4.69) is 15.5 Å². The molecule has 1 aliphatic rings. The highest BCUT2D eigenvalue weighted by Gasteiger charge is 2.27. The van der Waals surface area contributed by atoms with Crippen molar-refractivity contribution in [3.05, 3.63) is 29.7 Å². The van der Waals surface area contributed by atoms with Crippen LogP contribution in [0.15, 0.2) is 18.5 Å². The van der Waals surface area contributed by atoms with Gasteiger partial charge in [-0.2, -0.15) is 23.4 Å². The summed E-state index contributed by atoms with van der Waals surface area (Å²) in [6.45, 7) is 0.765. The van der Waals surface area contributed by atoms with Crippen molar-refractivity contribution in [2.75, 3.05) is 11.9 Å². The molecule has 0 aromatic carbocycles. The number of nitrogens with one attached hydrogen (secondary N) is 1. The zero-order valence-electron chi connectivity index (χ0n) is 13.8. The summed E-state index contributed by atoms with van der Waals surface area (Å²) in [5, 5.41) is 10.8. The summed E-state index contributed by atoms with van der Waals surface area (Å²) in [5.74, 6) is 0.239. The molecular weight excluding hydrogens is 337 g/mol. The minimum absolute atomic E-state index is 0.239. The maximum absolute atomic E-state index is 12.4. The van der Waals surface area contributed by atoms with E-state index in [0.717, 1.165) is 24.1 Å². The standard InChI is InChI=1S/C15H19F3N6O/c1-22-12-3-2-6-23(10-11(12)9-19-22)14(25)20-13-4-7-24(21-13)8-5-15(16,17)18/h4,7,9H,2-3,5-6,8,10H2,1H3,(H,20,21,25). The molecule has 25 heavy (non-hydrogen) atoms. The van der Waals surface area contributed by atoms with Crippen molar-refractivity contribution >= 4 is 11.8 Å². The van der Waals surface area contributed by atoms with Crippen LogP contribution in [-0.2, 0) is 26.6 Å². The number of fused-ring (bicyclic) bond motifs is 1. The molecule has 2 aromatic rings. The highest BCUT2D eigenvalue weighted by molar-refractivity contribution is 5.88. The molecule has 3 rings (SSSR count). The van der Waals surface area contributed by atoms with E-state index >= 15 is 0 Å². The van der Waals surface area contributed by atoms with Gasteiger partial charge in [-0.25, -0.2) is 4.79 Å². The van der Waals surface area contributed by atoms with Gasteiger partial charge in [0, 0.05) is 43.7 Å². The second-order valence-electron chi connectivity index (χ2n) is 6.02. The number of rotatable bonds is 3. The van der Waals surface area contributed by atoms with Crippen LogP contribution in [0, 0.1) is 0 Å². The summed E-state index contributed by atoms with van der Waals surface area (Å²) < 4.78 is 39.7. The van der Waals surface area contributed by atoms with E-state index in [1.165, 1.54) is 16.9 Å². The summed E-state index contributed by atoms with van der Waals surface area (Å²) in [5.41, 5.74) is 2.12. The van der Waals surface area contributed by atoms with E-state index in [-0.39, 0.29) is 18.4 Å². The molecule has 0 fully saturated rings. The largest absolute Gasteiger partial charge is 0.390 e. The lowest BCUT2D eigenvalue weighted by molar-refractivity contribution is -0.137. The van der Waals surface area contributed by atoms with Crippen molar-refractivity contribution in [3.8, 4) is 0 Å². The van der Waals surface area contributed by atoms with Gasteiger partial charge in [0.1, 0.15) is 0 Å². The van der Waals surface area contributed by atoms with Crippen LogP contribution in [0.1, 0.15) is 24.1 Å². The van der Waals surface area contributed by atoms with Gasteiger partial charge in [0.2, 0.25) is 0 Å². The topological polar surface area (TPSA) is 68.0 Å². The van der Waals surface area contributed by atoms with Gasteiger partial charge in [0.15, 0.2) is 5.82 Å². The second kappa shape index (κ2) is 6.77. The minimum Gasteiger partial charge on any atom is -0.320 e. The second-order valence-corrected chi connectivity index (χ2v) is 6.02. The van der Waals surface area contributed by atoms with E-state index in [4.69, 9.17) is 0 Å². The number of alkyl halides is 3. The smallest absolute Gasteiger partial charge is 0.320 e. The molecule has 0 unspecified atom stereocenters. The number of urea groups is 1. The fraction of sp³-hybridized carbons (Fsp3) is 0.533. The third-order valence-corrected chi connectivity index (χ3v) is 4.14. The third kappa shape index (κ3) is 4.31. The van der Waals surface area contributed by atoms with Crippen LogP contribution < -0.4 is 5.32 Å². The summed E-state index contributed by atoms with van der Waals surface area (Å²) >= 11 is 0. The number of nitrogens with zero attached hydrogens (tertiary/aromatic N) is 5. The van der Waals surface area contributed by atoms with Crippen LogP contribution in [-0.4, -0.2) is 43.2 Å². The molecule has 2 amide bonds. The molecule has 1 N–H and O–H groups in total. The summed E-state index contributed by atoms with van der Waals surface area (Å²) in [6.07, 6.45) is -0.349. The van der Waals surface area contributed by atoms with Crippen LogP contribution in [0.5, 0.6) is 0 Å². The fourth-order valence-electron chi connectivity index (χ4n) is 2.84. The Morgan fingerprint density at radius 1 is 1.40 bits per heavy atom. The lowest BCUT2D eigenvalue weighted by atomic mass is 10.2. The van der Waals surface area contributed by atoms with Crippen molar-refractivity contribution in [1.29, 1.82) is 0 Å². The summed E-state index contributed by atoms with van der Waals surface area (Å²) in [4.78, 5) is 14.1. The van der Waals surface area contributed by atoms with Crippen LogP contribution >= 0.6 is 0 Å². The maximum atomic E-state index is 12.4. The molecule has 0 radical (unpaired) electrons. The molecule has 136 valence electrons. The number of carbonyl (C=O) groups is 1. The molecule has 1 aliphatic heterocycles. The zero-order valence-corrected chi connectivity index (χ0v) is 13.8. The van der Waals surface area contributed by atoms with Crippen molar-refractivity contribution in [2.45, 2.75) is 38.5 Å². The van der Waals surface area contributed by atoms with Crippen molar-refractivity contribution < 1.29 is 18.0 Å². The molecule has 0 aliphatic carbocycles. The van der Waals surface area contributed by atoms with Gasteiger partial charge in [-0.1, -0.05) is 0 Å². The normalized spacial score (nSPS) is 15.0. The zero-order chi connectivity index (χ0) is 18.0. The minimum atomic E-state index is -4.23. The van der Waals surface area contributed by atoms with Crippen LogP contribution in [0.2, 0.25) is 0 Å². The monoisotopic (exact) mass is 356 g/mol. The number of amides is 2. The molecule has 7 nitrogen and oxygen atoms in total. The van der Waals surface area contributed by atoms with E-state index in [1.807, 2.05) is 11.7 Å². The molecule has 2 aromatic heterocycles. The fourth-order valence-corrected chi connectivity index (χ4v) is 2.84. The first kappa shape index (κ1) is 17.3. The van der Waals surface area contributed by atoms with Gasteiger partial charge in [0.05, 0.1) is 19.2 Å². The number of hydrogen-bond donors (Lipinski definition) is 1. The number of aromatic nitrogens is 4. The predicted octanol–water partition coefficient (Wildman–Crippen LogP) is 2.55. The lowest BCUT2D eigenvalue weighted by Crippen LogP contribution is -2.34. The van der Waals surface area contributed by atoms with E-state index in [1.54, 1.807) is 11.1 Å². The first-order chi connectivity index (χ1) is 11.8. The Labute approximate surface area is 142 Å². The van der Waals surface area contributed by atoms with Crippen LogP contribution in [0.25, 0.3) is 0 Å². The van der Waals surface area contributed by atoms with E-state index in [0.29, 0.717) is 13.1 Å². The average molecular weight is 356 g/mol. The molecule has 0 spiro atoms. The van der Waals surface area contributed by atoms with Gasteiger partial charge < -0.3 is 4.90 Å². The van der Waals surface area contributed by atoms with Crippen molar-refractivity contribution in [1.82, 2.24) is 24.5 Å². The van der Waals surface area contributed by atoms with E-state index < -0.39 is 12.6 Å². The summed E-state index contributed by atoms with van der Waals surface area (Å²) in [6, 6.07) is 1.17. The number of anilines is 1. The number of carbonyl (C=O) groups excluding carboxylic acids is 1. The van der Waals surface area contributed by atoms with Gasteiger partial charge in [0.25, 0.3) is 0 Å². The maximum Gasteiger partial charge on any atom is 0.390 e. The average Bonchev–Trinajstić information content (AvgIpc) is 3.04. The number of hydrogen-bond acceptors (Lipinski definition) is 3. The van der Waals surface area contributed by atoms with Crippen molar-refractivity contribution in [3.63, 3.8) is 0 Å². The van der Waals surface area contributed by atoms with Gasteiger partial charge in [-0.15, -0.1) is 0 Å². The Morgan fingerprint density at radius 3 is 2.96 bits per heavy atom. The Hall–Kier alpha value is -2.52. The number of halogens is 3. The Balaban J connectivity index is 1.60. The lowest BCUT2D eigenvalue weighted by Gasteiger charge is -2.20. The predicted molar refractivity (Wildman–Crippen MR) is 83.9 cm³/mol. The molecule has 3 heterocycles. The van der Waals surface area contributed by atoms with Crippen LogP contribution in [0.4, 0.5) is 23.8 Å². The molecule has 0 saturated heterocycles. The SMILES string of the molecule is Cn1ncc2c1CCCN(C(=O)Nc1ccn(CCC(F)(F)F)n1)C2. The molecule has 0 atom stereocenters. The molecule has 10 heteroatoms. The molecular formula is C15H19F3N6O. The quantitative estimate of drug-likeness (QED) is 0.919. The molecule has 0 bridgehead atoms. The molecule has 0 saturated carbocycles. The Bertz CT molecular complexity index is 751. The Kier molecular flexibility index (Phi) is 4.69. The Morgan fingerprint density at radius 2 is 2.20 bits per heavy atom. The van der Waals surface area contributed by atoms with E-state index in [9.17, 15) is 18.0 Å². The van der Waals surface area contributed by atoms with Gasteiger partial charge in [-0.3, -0.25) is 14.7 Å². The van der Waals surface area contributed by atoms with Gasteiger partial charge >= 0.3 is 12.2 Å². The van der Waals surface area contributed by atoms with Crippen LogP contribution in [0.3, 0.4) is 0 Å².